The van der Waals surface area contributed by atoms with Crippen LogP contribution in [0.4, 0.5) is 0 Å². The van der Waals surface area contributed by atoms with Crippen LogP contribution < -0.4 is 0 Å². The number of imidazole rings is 1. The number of aliphatic carboxylic acids is 1. The Morgan fingerprint density at radius 3 is 2.48 bits per heavy atom. The highest BCUT2D eigenvalue weighted by molar-refractivity contribution is 6.76. The summed E-state index contributed by atoms with van der Waals surface area (Å²) in [6.07, 6.45) is 6.34. The van der Waals surface area contributed by atoms with Crippen molar-refractivity contribution in [3.8, 4) is 0 Å². The van der Waals surface area contributed by atoms with Gasteiger partial charge in [-0.2, -0.15) is 5.10 Å². The Hall–Kier alpha value is -3.23. The molecule has 0 aliphatic carbocycles. The van der Waals surface area contributed by atoms with E-state index < -0.39 is 14.0 Å². The van der Waals surface area contributed by atoms with Crippen LogP contribution >= 0.6 is 0 Å². The van der Waals surface area contributed by atoms with Crippen LogP contribution in [0.3, 0.4) is 0 Å². The Kier molecular flexibility index (Phi) is 9.00. The molecule has 0 fully saturated rings. The molecule has 1 unspecified atom stereocenters. The van der Waals surface area contributed by atoms with E-state index in [2.05, 4.69) is 93.3 Å². The number of carboxylic acid groups (broad SMARTS) is 1. The lowest BCUT2D eigenvalue weighted by atomic mass is 9.87. The summed E-state index contributed by atoms with van der Waals surface area (Å²) < 4.78 is 9.84. The van der Waals surface area contributed by atoms with Crippen LogP contribution in [0.2, 0.25) is 25.7 Å². The molecule has 0 aliphatic rings. The molecular weight excluding hydrogens is 516 g/mol. The molecule has 40 heavy (non-hydrogen) atoms. The van der Waals surface area contributed by atoms with Gasteiger partial charge in [-0.15, -0.1) is 0 Å². The number of hydrogen-bond acceptors (Lipinski definition) is 4. The molecule has 4 aromatic rings. The third kappa shape index (κ3) is 7.92. The zero-order valence-electron chi connectivity index (χ0n) is 25.1. The van der Waals surface area contributed by atoms with Gasteiger partial charge in [-0.1, -0.05) is 70.7 Å². The van der Waals surface area contributed by atoms with Crippen molar-refractivity contribution < 1.29 is 14.6 Å². The van der Waals surface area contributed by atoms with Gasteiger partial charge >= 0.3 is 5.97 Å². The molecule has 0 amide bonds. The molecule has 0 radical (unpaired) electrons. The SMILES string of the molecule is Cc1cc(CC(CC(=O)O)c2nccn2Cc2ccc(C(C)(C)C)cc2)cc2cn(COCC[Si](C)(C)C)nc12. The molecule has 0 saturated heterocycles. The van der Waals surface area contributed by atoms with E-state index in [9.17, 15) is 9.90 Å². The van der Waals surface area contributed by atoms with Crippen molar-refractivity contribution in [2.75, 3.05) is 6.61 Å². The van der Waals surface area contributed by atoms with Crippen LogP contribution in [0.25, 0.3) is 10.9 Å². The fourth-order valence-electron chi connectivity index (χ4n) is 5.03. The van der Waals surface area contributed by atoms with E-state index in [4.69, 9.17) is 9.84 Å². The molecule has 7 nitrogen and oxygen atoms in total. The molecule has 2 aromatic carbocycles. The van der Waals surface area contributed by atoms with E-state index >= 15 is 0 Å². The van der Waals surface area contributed by atoms with E-state index in [1.54, 1.807) is 6.20 Å². The molecule has 0 spiro atoms. The van der Waals surface area contributed by atoms with Gasteiger partial charge in [0, 0.05) is 51.1 Å². The number of nitrogens with zero attached hydrogens (tertiary/aromatic N) is 4. The summed E-state index contributed by atoms with van der Waals surface area (Å²) in [6.45, 7) is 17.6. The van der Waals surface area contributed by atoms with Gasteiger partial charge in [-0.3, -0.25) is 4.79 Å². The number of aryl methyl sites for hydroxylation is 1. The number of rotatable bonds is 12. The van der Waals surface area contributed by atoms with Gasteiger partial charge in [-0.25, -0.2) is 9.67 Å². The third-order valence-corrected chi connectivity index (χ3v) is 9.02. The van der Waals surface area contributed by atoms with Gasteiger partial charge in [0.2, 0.25) is 0 Å². The Balaban J connectivity index is 1.52. The molecule has 8 heteroatoms. The number of ether oxygens (including phenoxy) is 1. The van der Waals surface area contributed by atoms with Gasteiger partial charge < -0.3 is 14.4 Å². The second-order valence-corrected chi connectivity index (χ2v) is 18.8. The van der Waals surface area contributed by atoms with Gasteiger partial charge in [0.05, 0.1) is 11.9 Å². The van der Waals surface area contributed by atoms with Crippen LogP contribution in [-0.2, 0) is 34.6 Å². The molecule has 4 rings (SSSR count). The maximum absolute atomic E-state index is 11.9. The Bertz CT molecular complexity index is 1440. The average Bonchev–Trinajstić information content (AvgIpc) is 3.47. The highest BCUT2D eigenvalue weighted by atomic mass is 28.3. The van der Waals surface area contributed by atoms with E-state index in [-0.39, 0.29) is 17.8 Å². The maximum atomic E-state index is 11.9. The average molecular weight is 561 g/mol. The summed E-state index contributed by atoms with van der Waals surface area (Å²) >= 11 is 0. The van der Waals surface area contributed by atoms with E-state index in [1.807, 2.05) is 17.1 Å². The normalized spacial score (nSPS) is 13.2. The highest BCUT2D eigenvalue weighted by Crippen LogP contribution is 2.28. The van der Waals surface area contributed by atoms with Crippen molar-refractivity contribution in [1.82, 2.24) is 19.3 Å². The standard InChI is InChI=1S/C32H44N4O3Si/c1-23-16-25(18-27-21-36(34-30(23)27)22-39-14-15-40(5,6)7)17-26(19-29(37)38)31-33-12-13-35(31)20-24-8-10-28(11-9-24)32(2,3)4/h8-13,16,18,21,26H,14-15,17,19-20,22H2,1-7H3,(H,37,38). The van der Waals surface area contributed by atoms with Gasteiger partial charge in [-0.05, 0) is 53.1 Å². The molecule has 2 aromatic heterocycles. The lowest BCUT2D eigenvalue weighted by Gasteiger charge is -2.20. The Morgan fingerprint density at radius 1 is 1.10 bits per heavy atom. The first-order chi connectivity index (χ1) is 18.8. The monoisotopic (exact) mass is 560 g/mol. The molecule has 0 aliphatic heterocycles. The molecule has 0 bridgehead atoms. The highest BCUT2D eigenvalue weighted by Gasteiger charge is 2.22. The number of fused-ring (bicyclic) bond motifs is 1. The molecular formula is C32H44N4O3Si. The smallest absolute Gasteiger partial charge is 0.304 e. The van der Waals surface area contributed by atoms with Crippen LogP contribution in [0.15, 0.2) is 55.0 Å². The molecule has 1 N–H and O–H groups in total. The van der Waals surface area contributed by atoms with Crippen LogP contribution in [0, 0.1) is 6.92 Å². The third-order valence-electron chi connectivity index (χ3n) is 7.32. The minimum absolute atomic E-state index is 0.0151. The van der Waals surface area contributed by atoms with Gasteiger partial charge in [0.15, 0.2) is 0 Å². The summed E-state index contributed by atoms with van der Waals surface area (Å²) in [4.78, 5) is 16.5. The number of aromatic nitrogens is 4. The Morgan fingerprint density at radius 2 is 1.82 bits per heavy atom. The fraction of sp³-hybridized carbons (Fsp3) is 0.469. The second-order valence-electron chi connectivity index (χ2n) is 13.2. The van der Waals surface area contributed by atoms with Crippen LogP contribution in [-0.4, -0.2) is 45.1 Å². The van der Waals surface area contributed by atoms with E-state index in [1.165, 1.54) is 5.56 Å². The summed E-state index contributed by atoms with van der Waals surface area (Å²) in [7, 11) is -1.13. The Labute approximate surface area is 239 Å². The summed E-state index contributed by atoms with van der Waals surface area (Å²) in [5, 5.41) is 15.6. The lowest BCUT2D eigenvalue weighted by molar-refractivity contribution is -0.137. The largest absolute Gasteiger partial charge is 0.481 e. The second kappa shape index (κ2) is 12.1. The van der Waals surface area contributed by atoms with Crippen molar-refractivity contribution >= 4 is 24.9 Å². The first kappa shape index (κ1) is 29.7. The first-order valence-corrected chi connectivity index (χ1v) is 17.9. The zero-order valence-corrected chi connectivity index (χ0v) is 26.1. The van der Waals surface area contributed by atoms with Gasteiger partial charge in [0.25, 0.3) is 0 Å². The number of hydrogen-bond donors (Lipinski definition) is 1. The van der Waals surface area contributed by atoms with E-state index in [0.29, 0.717) is 19.7 Å². The van der Waals surface area contributed by atoms with Crippen molar-refractivity contribution in [3.05, 3.63) is 83.1 Å². The summed E-state index contributed by atoms with van der Waals surface area (Å²) in [5.41, 5.74) is 5.66. The number of benzene rings is 2. The quantitative estimate of drug-likeness (QED) is 0.149. The number of carbonyl (C=O) groups is 1. The topological polar surface area (TPSA) is 82.2 Å². The molecule has 2 heterocycles. The first-order valence-electron chi connectivity index (χ1n) is 14.2. The van der Waals surface area contributed by atoms with Crippen molar-refractivity contribution in [2.24, 2.45) is 0 Å². The molecule has 0 saturated carbocycles. The minimum Gasteiger partial charge on any atom is -0.481 e. The van der Waals surface area contributed by atoms with E-state index in [0.717, 1.165) is 46.1 Å². The molecule has 214 valence electrons. The fourth-order valence-corrected chi connectivity index (χ4v) is 5.79. The number of carboxylic acids is 1. The van der Waals surface area contributed by atoms with Crippen molar-refractivity contribution in [3.63, 3.8) is 0 Å². The van der Waals surface area contributed by atoms with Crippen LogP contribution in [0.1, 0.15) is 61.2 Å². The predicted octanol–water partition coefficient (Wildman–Crippen LogP) is 7.00. The molecule has 1 atom stereocenters. The summed E-state index contributed by atoms with van der Waals surface area (Å²) in [5.74, 6) is -0.278. The van der Waals surface area contributed by atoms with Crippen molar-refractivity contribution in [2.45, 2.75) is 90.8 Å². The van der Waals surface area contributed by atoms with Crippen molar-refractivity contribution in [1.29, 1.82) is 0 Å². The van der Waals surface area contributed by atoms with Gasteiger partial charge in [0.1, 0.15) is 12.6 Å². The minimum atomic E-state index is -1.13. The maximum Gasteiger partial charge on any atom is 0.304 e. The predicted molar refractivity (Wildman–Crippen MR) is 164 cm³/mol. The zero-order chi connectivity index (χ0) is 29.1. The van der Waals surface area contributed by atoms with Crippen LogP contribution in [0.5, 0.6) is 0 Å². The lowest BCUT2D eigenvalue weighted by Crippen LogP contribution is -2.22. The summed E-state index contributed by atoms with van der Waals surface area (Å²) in [6, 6.07) is 14.0.